The summed E-state index contributed by atoms with van der Waals surface area (Å²) in [5, 5.41) is 4.26. The largest absolute Gasteiger partial charge is 0.328 e. The van der Waals surface area contributed by atoms with Gasteiger partial charge in [-0.15, -0.1) is 0 Å². The van der Waals surface area contributed by atoms with E-state index >= 15 is 0 Å². The molecule has 3 nitrogen and oxygen atoms in total. The first-order valence-corrected chi connectivity index (χ1v) is 6.59. The van der Waals surface area contributed by atoms with Crippen LogP contribution in [-0.4, -0.2) is 16.1 Å². The van der Waals surface area contributed by atoms with Crippen molar-refractivity contribution >= 4 is 11.3 Å². The van der Waals surface area contributed by atoms with Crippen molar-refractivity contribution in [3.8, 4) is 11.3 Å². The molecule has 1 aliphatic carbocycles. The van der Waals surface area contributed by atoms with Crippen LogP contribution in [0.25, 0.3) is 11.3 Å². The molecule has 0 amide bonds. The Labute approximate surface area is 98.9 Å². The summed E-state index contributed by atoms with van der Waals surface area (Å²) in [7, 11) is 0. The molecule has 4 heteroatoms. The lowest BCUT2D eigenvalue weighted by molar-refractivity contribution is 0.458. The zero-order valence-corrected chi connectivity index (χ0v) is 9.86. The van der Waals surface area contributed by atoms with Gasteiger partial charge in [0.1, 0.15) is 0 Å². The van der Waals surface area contributed by atoms with Gasteiger partial charge in [0.15, 0.2) is 0 Å². The number of hydrogen-bond acceptors (Lipinski definition) is 3. The Kier molecular flexibility index (Phi) is 2.53. The first-order valence-electron chi connectivity index (χ1n) is 5.64. The molecule has 0 spiro atoms. The fourth-order valence-electron chi connectivity index (χ4n) is 2.22. The molecule has 1 unspecified atom stereocenters. The summed E-state index contributed by atoms with van der Waals surface area (Å²) in [5.41, 5.74) is 8.33. The summed E-state index contributed by atoms with van der Waals surface area (Å²) in [6.07, 6.45) is 6.47. The minimum absolute atomic E-state index is 0.428. The number of aromatic nitrogens is 2. The lowest BCUT2D eigenvalue weighted by atomic mass is 10.1. The Bertz CT molecular complexity index is 456. The van der Waals surface area contributed by atoms with Crippen molar-refractivity contribution in [1.82, 2.24) is 9.55 Å². The standard InChI is InChI=1S/C12H15N3S/c13-5-11(9-1-2-9)15-8-14-6-12(15)10-3-4-16-7-10/h3-4,6-9,11H,1-2,5,13H2. The van der Waals surface area contributed by atoms with Gasteiger partial charge >= 0.3 is 0 Å². The third kappa shape index (κ3) is 1.68. The van der Waals surface area contributed by atoms with E-state index in [1.54, 1.807) is 11.3 Å². The Balaban J connectivity index is 1.98. The molecule has 1 fully saturated rings. The van der Waals surface area contributed by atoms with Crippen LogP contribution in [0, 0.1) is 5.92 Å². The minimum Gasteiger partial charge on any atom is -0.328 e. The van der Waals surface area contributed by atoms with E-state index in [9.17, 15) is 0 Å². The monoisotopic (exact) mass is 233 g/mol. The molecule has 1 atom stereocenters. The van der Waals surface area contributed by atoms with Gasteiger partial charge in [-0.25, -0.2) is 4.98 Å². The molecular formula is C12H15N3S. The topological polar surface area (TPSA) is 43.8 Å². The molecule has 16 heavy (non-hydrogen) atoms. The van der Waals surface area contributed by atoms with Crippen LogP contribution in [0.5, 0.6) is 0 Å². The van der Waals surface area contributed by atoms with E-state index in [2.05, 4.69) is 26.4 Å². The van der Waals surface area contributed by atoms with Crippen LogP contribution < -0.4 is 5.73 Å². The maximum atomic E-state index is 5.88. The third-order valence-corrected chi connectivity index (χ3v) is 3.93. The van der Waals surface area contributed by atoms with E-state index in [0.29, 0.717) is 12.6 Å². The van der Waals surface area contributed by atoms with Gasteiger partial charge in [-0.2, -0.15) is 11.3 Å². The second kappa shape index (κ2) is 4.03. The van der Waals surface area contributed by atoms with Crippen molar-refractivity contribution in [2.45, 2.75) is 18.9 Å². The van der Waals surface area contributed by atoms with Gasteiger partial charge in [0, 0.05) is 17.5 Å². The molecule has 84 valence electrons. The molecule has 0 bridgehead atoms. The molecule has 0 radical (unpaired) electrons. The number of nitrogens with zero attached hydrogens (tertiary/aromatic N) is 2. The van der Waals surface area contributed by atoms with Gasteiger partial charge < -0.3 is 10.3 Å². The van der Waals surface area contributed by atoms with E-state index in [0.717, 1.165) is 5.92 Å². The van der Waals surface area contributed by atoms with Crippen LogP contribution in [0.4, 0.5) is 0 Å². The molecule has 2 aromatic rings. The fraction of sp³-hybridized carbons (Fsp3) is 0.417. The van der Waals surface area contributed by atoms with Crippen molar-refractivity contribution < 1.29 is 0 Å². The van der Waals surface area contributed by atoms with Crippen molar-refractivity contribution in [3.63, 3.8) is 0 Å². The highest BCUT2D eigenvalue weighted by molar-refractivity contribution is 7.08. The van der Waals surface area contributed by atoms with Crippen molar-refractivity contribution in [2.24, 2.45) is 11.7 Å². The predicted octanol–water partition coefficient (Wildman–Crippen LogP) is 2.52. The molecular weight excluding hydrogens is 218 g/mol. The lowest BCUT2D eigenvalue weighted by Crippen LogP contribution is -2.21. The fourth-order valence-corrected chi connectivity index (χ4v) is 2.87. The zero-order valence-electron chi connectivity index (χ0n) is 9.04. The Hall–Kier alpha value is -1.13. The molecule has 0 aromatic carbocycles. The summed E-state index contributed by atoms with van der Waals surface area (Å²) in [5.74, 6) is 0.761. The highest BCUT2D eigenvalue weighted by Gasteiger charge is 2.32. The second-order valence-corrected chi connectivity index (χ2v) is 5.12. The molecule has 3 rings (SSSR count). The molecule has 2 N–H and O–H groups in total. The molecule has 2 aromatic heterocycles. The number of thiophene rings is 1. The van der Waals surface area contributed by atoms with Crippen LogP contribution >= 0.6 is 11.3 Å². The average Bonchev–Trinajstić information content (AvgIpc) is 2.83. The van der Waals surface area contributed by atoms with Gasteiger partial charge in [0.25, 0.3) is 0 Å². The molecule has 1 aliphatic rings. The first kappa shape index (κ1) is 10.1. The van der Waals surface area contributed by atoms with Crippen LogP contribution in [0.15, 0.2) is 29.4 Å². The summed E-state index contributed by atoms with van der Waals surface area (Å²) >= 11 is 1.72. The number of nitrogens with two attached hydrogens (primary N) is 1. The predicted molar refractivity (Wildman–Crippen MR) is 66.4 cm³/mol. The lowest BCUT2D eigenvalue weighted by Gasteiger charge is -2.18. The quantitative estimate of drug-likeness (QED) is 0.882. The normalized spacial score (nSPS) is 17.6. The number of imidazole rings is 1. The first-order chi connectivity index (χ1) is 7.90. The highest BCUT2D eigenvalue weighted by atomic mass is 32.1. The average molecular weight is 233 g/mol. The van der Waals surface area contributed by atoms with Crippen LogP contribution in [0.3, 0.4) is 0 Å². The Morgan fingerprint density at radius 3 is 3.06 bits per heavy atom. The van der Waals surface area contributed by atoms with E-state index in [1.807, 2.05) is 12.5 Å². The van der Waals surface area contributed by atoms with Gasteiger partial charge in [-0.05, 0) is 30.2 Å². The third-order valence-electron chi connectivity index (χ3n) is 3.25. The molecule has 0 aliphatic heterocycles. The Morgan fingerprint density at radius 1 is 1.56 bits per heavy atom. The number of rotatable bonds is 4. The van der Waals surface area contributed by atoms with Crippen molar-refractivity contribution in [2.75, 3.05) is 6.54 Å². The van der Waals surface area contributed by atoms with Crippen molar-refractivity contribution in [1.29, 1.82) is 0 Å². The summed E-state index contributed by atoms with van der Waals surface area (Å²) in [6.45, 7) is 0.707. The van der Waals surface area contributed by atoms with Crippen LogP contribution in [0.1, 0.15) is 18.9 Å². The van der Waals surface area contributed by atoms with E-state index in [4.69, 9.17) is 5.73 Å². The minimum atomic E-state index is 0.428. The second-order valence-electron chi connectivity index (χ2n) is 4.34. The maximum Gasteiger partial charge on any atom is 0.0954 e. The highest BCUT2D eigenvalue weighted by Crippen LogP contribution is 2.40. The summed E-state index contributed by atoms with van der Waals surface area (Å²) < 4.78 is 2.25. The molecule has 0 saturated heterocycles. The van der Waals surface area contributed by atoms with E-state index in [-0.39, 0.29) is 0 Å². The van der Waals surface area contributed by atoms with Crippen LogP contribution in [0.2, 0.25) is 0 Å². The van der Waals surface area contributed by atoms with Gasteiger partial charge in [0.2, 0.25) is 0 Å². The van der Waals surface area contributed by atoms with Gasteiger partial charge in [-0.3, -0.25) is 0 Å². The summed E-state index contributed by atoms with van der Waals surface area (Å²) in [6, 6.07) is 2.57. The zero-order chi connectivity index (χ0) is 11.0. The SMILES string of the molecule is NCC(C1CC1)n1cncc1-c1ccsc1. The summed E-state index contributed by atoms with van der Waals surface area (Å²) in [4.78, 5) is 4.27. The van der Waals surface area contributed by atoms with E-state index in [1.165, 1.54) is 24.1 Å². The molecule has 2 heterocycles. The number of hydrogen-bond donors (Lipinski definition) is 1. The van der Waals surface area contributed by atoms with Gasteiger partial charge in [0.05, 0.1) is 24.3 Å². The van der Waals surface area contributed by atoms with Crippen LogP contribution in [-0.2, 0) is 0 Å². The molecule has 1 saturated carbocycles. The maximum absolute atomic E-state index is 5.88. The van der Waals surface area contributed by atoms with Crippen molar-refractivity contribution in [3.05, 3.63) is 29.4 Å². The smallest absolute Gasteiger partial charge is 0.0954 e. The Morgan fingerprint density at radius 2 is 2.44 bits per heavy atom. The van der Waals surface area contributed by atoms with Gasteiger partial charge in [-0.1, -0.05) is 0 Å². The van der Waals surface area contributed by atoms with E-state index < -0.39 is 0 Å².